The Hall–Kier alpha value is -4.97. The summed E-state index contributed by atoms with van der Waals surface area (Å²) in [7, 11) is 6.20. The molecule has 2 amide bonds. The second kappa shape index (κ2) is 11.5. The largest absolute Gasteiger partial charge is 0.383 e. The van der Waals surface area contributed by atoms with E-state index in [4.69, 9.17) is 15.4 Å². The predicted molar refractivity (Wildman–Crippen MR) is 166 cm³/mol. The van der Waals surface area contributed by atoms with Gasteiger partial charge in [-0.2, -0.15) is 5.10 Å². The Bertz CT molecular complexity index is 1680. The summed E-state index contributed by atoms with van der Waals surface area (Å²) >= 11 is 0. The van der Waals surface area contributed by atoms with E-state index in [-0.39, 0.29) is 5.41 Å². The molecule has 0 spiro atoms. The first kappa shape index (κ1) is 28.6. The molecule has 0 aliphatic heterocycles. The van der Waals surface area contributed by atoms with E-state index in [2.05, 4.69) is 68.8 Å². The number of urea groups is 1. The fraction of sp³-hybridized carbons (Fsp3) is 0.300. The van der Waals surface area contributed by atoms with E-state index in [9.17, 15) is 4.79 Å². The molecule has 12 nitrogen and oxygen atoms in total. The van der Waals surface area contributed by atoms with Crippen LogP contribution in [-0.4, -0.2) is 70.1 Å². The van der Waals surface area contributed by atoms with Crippen LogP contribution >= 0.6 is 0 Å². The van der Waals surface area contributed by atoms with Crippen molar-refractivity contribution in [2.24, 2.45) is 0 Å². The number of hydrogen-bond acceptors (Lipinski definition) is 9. The molecule has 5 rings (SSSR count). The van der Waals surface area contributed by atoms with E-state index in [1.807, 2.05) is 45.0 Å². The zero-order valence-electron chi connectivity index (χ0n) is 24.7. The lowest BCUT2D eigenvalue weighted by Gasteiger charge is -2.21. The van der Waals surface area contributed by atoms with Gasteiger partial charge in [0.2, 0.25) is 0 Å². The summed E-state index contributed by atoms with van der Waals surface area (Å²) < 4.78 is 7.06. The molecule has 0 bridgehead atoms. The Labute approximate surface area is 244 Å². The Morgan fingerprint density at radius 2 is 1.69 bits per heavy atom. The first-order chi connectivity index (χ1) is 20.0. The lowest BCUT2D eigenvalue weighted by molar-refractivity contribution is 0.262. The van der Waals surface area contributed by atoms with Crippen molar-refractivity contribution in [1.82, 2.24) is 29.8 Å². The van der Waals surface area contributed by atoms with Crippen LogP contribution in [-0.2, 0) is 5.41 Å². The molecule has 0 saturated carbocycles. The van der Waals surface area contributed by atoms with Gasteiger partial charge in [-0.1, -0.05) is 38.1 Å². The van der Waals surface area contributed by atoms with E-state index in [1.165, 1.54) is 6.33 Å². The molecular weight excluding hydrogens is 532 g/mol. The number of nitrogen functional groups attached to an aromatic ring is 1. The third kappa shape index (κ3) is 6.18. The first-order valence-electron chi connectivity index (χ1n) is 13.6. The van der Waals surface area contributed by atoms with Crippen LogP contribution in [0.15, 0.2) is 65.4 Å². The maximum absolute atomic E-state index is 12.5. The number of benzene rings is 2. The van der Waals surface area contributed by atoms with Gasteiger partial charge in [-0.15, -0.1) is 0 Å². The highest BCUT2D eigenvalue weighted by Gasteiger charge is 2.21. The molecule has 0 aliphatic carbocycles. The molecule has 12 heteroatoms. The molecule has 42 heavy (non-hydrogen) atoms. The second-order valence-electron chi connectivity index (χ2n) is 11.4. The Kier molecular flexibility index (Phi) is 7.81. The van der Waals surface area contributed by atoms with Crippen molar-refractivity contribution in [1.29, 1.82) is 0 Å². The summed E-state index contributed by atoms with van der Waals surface area (Å²) in [6, 6.07) is 16.8. The van der Waals surface area contributed by atoms with Gasteiger partial charge in [0.05, 0.1) is 11.1 Å². The summed E-state index contributed by atoms with van der Waals surface area (Å²) in [4.78, 5) is 25.6. The van der Waals surface area contributed by atoms with Crippen molar-refractivity contribution in [2.45, 2.75) is 26.2 Å². The maximum Gasteiger partial charge on any atom is 0.324 e. The van der Waals surface area contributed by atoms with Crippen LogP contribution in [0.3, 0.4) is 0 Å². The van der Waals surface area contributed by atoms with Crippen LogP contribution in [0.2, 0.25) is 0 Å². The van der Waals surface area contributed by atoms with Gasteiger partial charge in [-0.3, -0.25) is 5.32 Å². The summed E-state index contributed by atoms with van der Waals surface area (Å²) in [6.07, 6.45) is 1.43. The molecule has 5 aromatic rings. The Morgan fingerprint density at radius 1 is 0.976 bits per heavy atom. The van der Waals surface area contributed by atoms with Gasteiger partial charge in [0.15, 0.2) is 11.5 Å². The normalized spacial score (nSPS) is 11.7. The molecule has 3 aromatic heterocycles. The molecular formula is C30H36N10O2. The molecule has 0 aliphatic rings. The van der Waals surface area contributed by atoms with Crippen LogP contribution in [0.4, 0.5) is 27.8 Å². The molecule has 2 aromatic carbocycles. The number of aromatic nitrogens is 5. The summed E-state index contributed by atoms with van der Waals surface area (Å²) in [5.74, 6) is 1.38. The predicted octanol–water partition coefficient (Wildman–Crippen LogP) is 4.99. The molecule has 0 fully saturated rings. The minimum Gasteiger partial charge on any atom is -0.383 e. The number of likely N-dealkylation sites (N-methyl/N-ethyl adjacent to an activating group) is 2. The lowest BCUT2D eigenvalue weighted by atomic mass is 9.93. The quantitative estimate of drug-likeness (QED) is 0.236. The average molecular weight is 569 g/mol. The fourth-order valence-electron chi connectivity index (χ4n) is 4.36. The molecule has 3 heterocycles. The first-order valence-corrected chi connectivity index (χ1v) is 13.6. The van der Waals surface area contributed by atoms with Crippen molar-refractivity contribution >= 4 is 40.1 Å². The van der Waals surface area contributed by atoms with E-state index in [0.29, 0.717) is 39.8 Å². The van der Waals surface area contributed by atoms with Crippen molar-refractivity contribution in [3.63, 3.8) is 0 Å². The summed E-state index contributed by atoms with van der Waals surface area (Å²) in [6.45, 7) is 7.89. The Balaban J connectivity index is 1.36. The van der Waals surface area contributed by atoms with Gasteiger partial charge in [-0.05, 0) is 50.5 Å². The zero-order valence-corrected chi connectivity index (χ0v) is 24.7. The van der Waals surface area contributed by atoms with Crippen LogP contribution < -0.4 is 21.3 Å². The van der Waals surface area contributed by atoms with Crippen molar-refractivity contribution in [2.75, 3.05) is 55.5 Å². The molecule has 0 radical (unpaired) electrons. The highest BCUT2D eigenvalue weighted by Crippen LogP contribution is 2.33. The van der Waals surface area contributed by atoms with Crippen LogP contribution in [0.1, 0.15) is 26.5 Å². The smallest absolute Gasteiger partial charge is 0.324 e. The second-order valence-corrected chi connectivity index (χ2v) is 11.4. The van der Waals surface area contributed by atoms with Crippen LogP contribution in [0, 0.1) is 0 Å². The molecule has 218 valence electrons. The number of amides is 2. The average Bonchev–Trinajstić information content (AvgIpc) is 3.58. The number of anilines is 4. The SMILES string of the molecule is CN(C)CCN(C)c1ccc(-c2nn(-c3ccc(NC(=O)Nc4cc(C(C)(C)C)on4)cc3)c3ncnc(N)c23)cc1. The lowest BCUT2D eigenvalue weighted by Crippen LogP contribution is -2.28. The van der Waals surface area contributed by atoms with Gasteiger partial charge in [0.25, 0.3) is 0 Å². The van der Waals surface area contributed by atoms with Crippen LogP contribution in [0.25, 0.3) is 28.0 Å². The fourth-order valence-corrected chi connectivity index (χ4v) is 4.36. The van der Waals surface area contributed by atoms with Crippen LogP contribution in [0.5, 0.6) is 0 Å². The topological polar surface area (TPSA) is 143 Å². The summed E-state index contributed by atoms with van der Waals surface area (Å²) in [5.41, 5.74) is 10.7. The zero-order chi connectivity index (χ0) is 30.0. The molecule has 0 atom stereocenters. The molecule has 0 saturated heterocycles. The van der Waals surface area contributed by atoms with Gasteiger partial charge in [-0.25, -0.2) is 19.4 Å². The number of nitrogens with one attached hydrogen (secondary N) is 2. The highest BCUT2D eigenvalue weighted by molar-refractivity contribution is 6.00. The van der Waals surface area contributed by atoms with Gasteiger partial charge >= 0.3 is 6.03 Å². The van der Waals surface area contributed by atoms with Gasteiger partial charge < -0.3 is 25.4 Å². The van der Waals surface area contributed by atoms with Gasteiger partial charge in [0, 0.05) is 48.6 Å². The minimum atomic E-state index is -0.431. The third-order valence-electron chi connectivity index (χ3n) is 6.82. The number of nitrogens with two attached hydrogens (primary N) is 1. The summed E-state index contributed by atoms with van der Waals surface area (Å²) in [5, 5.41) is 15.0. The van der Waals surface area contributed by atoms with E-state index in [1.54, 1.807) is 22.9 Å². The molecule has 0 unspecified atom stereocenters. The number of carbonyl (C=O) groups is 1. The number of rotatable bonds is 8. The number of nitrogens with zero attached hydrogens (tertiary/aromatic N) is 7. The van der Waals surface area contributed by atoms with Crippen molar-refractivity contribution in [3.8, 4) is 16.9 Å². The standard InChI is InChI=1S/C30H36N10O2/c1-30(2,3)23-17-24(37-42-23)35-29(41)34-20-9-13-22(14-10-20)40-28-25(27(31)32-18-33-28)26(36-40)19-7-11-21(12-8-19)39(6)16-15-38(4)5/h7-14,17-18H,15-16H2,1-6H3,(H2,31,32,33)(H2,34,35,37,41). The minimum absolute atomic E-state index is 0.211. The maximum atomic E-state index is 12.5. The number of fused-ring (bicyclic) bond motifs is 1. The Morgan fingerprint density at radius 3 is 2.33 bits per heavy atom. The van der Waals surface area contributed by atoms with Crippen molar-refractivity contribution in [3.05, 3.63) is 66.7 Å². The molecule has 4 N–H and O–H groups in total. The van der Waals surface area contributed by atoms with Crippen molar-refractivity contribution < 1.29 is 9.32 Å². The van der Waals surface area contributed by atoms with E-state index in [0.717, 1.165) is 30.0 Å². The number of hydrogen-bond donors (Lipinski definition) is 3. The number of carbonyl (C=O) groups excluding carboxylic acids is 1. The monoisotopic (exact) mass is 568 g/mol. The third-order valence-corrected chi connectivity index (χ3v) is 6.82. The van der Waals surface area contributed by atoms with E-state index < -0.39 is 6.03 Å². The van der Waals surface area contributed by atoms with Gasteiger partial charge in [0.1, 0.15) is 23.6 Å². The highest BCUT2D eigenvalue weighted by atomic mass is 16.5. The van der Waals surface area contributed by atoms with E-state index >= 15 is 0 Å².